The molecule has 15 nitrogen and oxygen atoms in total. The number of hydrogen-bond acceptors (Lipinski definition) is 9. The minimum Gasteiger partial charge on any atom is -0.453 e. The number of methoxy groups -OCH3 is 2. The molecule has 3 aliphatic carbocycles. The number of carbonyl (C=O) groups excluding carboxylic acids is 4. The van der Waals surface area contributed by atoms with Crippen LogP contribution in [0.25, 0.3) is 33.6 Å². The van der Waals surface area contributed by atoms with Crippen molar-refractivity contribution in [2.24, 2.45) is 11.8 Å². The van der Waals surface area contributed by atoms with Gasteiger partial charge in [0.25, 0.3) is 0 Å². The molecule has 4 amide bonds. The zero-order chi connectivity index (χ0) is 40.4. The molecule has 0 unspecified atom stereocenters. The highest BCUT2D eigenvalue weighted by atomic mass is 16.5. The summed E-state index contributed by atoms with van der Waals surface area (Å²) in [5.74, 6) is 1.59. The molecule has 2 aromatic heterocycles. The van der Waals surface area contributed by atoms with Gasteiger partial charge in [0.2, 0.25) is 11.8 Å². The summed E-state index contributed by atoms with van der Waals surface area (Å²) in [6, 6.07) is 11.5. The minimum absolute atomic E-state index is 0.0730. The number of benzene rings is 2. The van der Waals surface area contributed by atoms with Crippen molar-refractivity contribution in [3.63, 3.8) is 0 Å². The van der Waals surface area contributed by atoms with Crippen LogP contribution < -0.4 is 10.6 Å². The van der Waals surface area contributed by atoms with Crippen molar-refractivity contribution in [3.05, 3.63) is 71.6 Å². The van der Waals surface area contributed by atoms with Gasteiger partial charge >= 0.3 is 12.2 Å². The van der Waals surface area contributed by atoms with Crippen LogP contribution in [0.2, 0.25) is 0 Å². The molecule has 0 radical (unpaired) electrons. The minimum atomic E-state index is -0.600. The Kier molecular flexibility index (Phi) is 9.45. The summed E-state index contributed by atoms with van der Waals surface area (Å²) in [4.78, 5) is 72.4. The third-order valence-electron chi connectivity index (χ3n) is 13.7. The Labute approximate surface area is 342 Å². The number of rotatable bonds is 10. The third kappa shape index (κ3) is 6.44. The van der Waals surface area contributed by atoms with Crippen molar-refractivity contribution in [2.45, 2.75) is 87.4 Å². The van der Waals surface area contributed by atoms with Gasteiger partial charge in [0.1, 0.15) is 23.7 Å². The van der Waals surface area contributed by atoms with Crippen molar-refractivity contribution in [1.82, 2.24) is 40.4 Å². The van der Waals surface area contributed by atoms with E-state index in [0.29, 0.717) is 26.3 Å². The van der Waals surface area contributed by atoms with Crippen molar-refractivity contribution in [3.8, 4) is 33.6 Å². The number of nitrogens with one attached hydrogen (secondary N) is 4. The lowest BCUT2D eigenvalue weighted by Gasteiger charge is -2.40. The van der Waals surface area contributed by atoms with E-state index in [2.05, 4.69) is 57.0 Å². The number of alkyl carbamates (subject to hydrolysis) is 2. The van der Waals surface area contributed by atoms with Crippen LogP contribution in [0.4, 0.5) is 9.59 Å². The van der Waals surface area contributed by atoms with E-state index in [1.54, 1.807) is 0 Å². The van der Waals surface area contributed by atoms with Crippen LogP contribution in [0.15, 0.2) is 48.8 Å². The maximum absolute atomic E-state index is 13.9. The van der Waals surface area contributed by atoms with Crippen molar-refractivity contribution in [2.75, 3.05) is 40.5 Å². The molecule has 6 aliphatic rings. The van der Waals surface area contributed by atoms with E-state index < -0.39 is 24.3 Å². The average Bonchev–Trinajstić information content (AvgIpc) is 3.77. The van der Waals surface area contributed by atoms with Gasteiger partial charge in [-0.15, -0.1) is 0 Å². The molecule has 10 rings (SSSR count). The number of nitrogens with zero attached hydrogens (tertiary/aromatic N) is 4. The highest BCUT2D eigenvalue weighted by Gasteiger charge is 2.50. The lowest BCUT2D eigenvalue weighted by Crippen LogP contribution is -2.53. The number of likely N-dealkylation sites (tertiary alicyclic amines) is 2. The Morgan fingerprint density at radius 1 is 0.695 bits per heavy atom. The number of amides is 4. The summed E-state index contributed by atoms with van der Waals surface area (Å²) in [7, 11) is 2.64. The summed E-state index contributed by atoms with van der Waals surface area (Å²) < 4.78 is 15.6. The quantitative estimate of drug-likeness (QED) is 0.155. The molecule has 4 atom stereocenters. The molecule has 0 bridgehead atoms. The first kappa shape index (κ1) is 37.6. The molecular formula is C44H50N8O7. The number of imidazole rings is 2. The molecule has 59 heavy (non-hydrogen) atoms. The number of fused-ring (bicyclic) bond motifs is 5. The molecule has 4 N–H and O–H groups in total. The van der Waals surface area contributed by atoms with E-state index in [0.717, 1.165) is 92.0 Å². The molecule has 5 heterocycles. The summed E-state index contributed by atoms with van der Waals surface area (Å²) in [6.07, 6.45) is 10.5. The van der Waals surface area contributed by atoms with Crippen LogP contribution in [0.3, 0.4) is 0 Å². The van der Waals surface area contributed by atoms with Gasteiger partial charge in [0.05, 0.1) is 68.7 Å². The Bertz CT molecular complexity index is 2310. The van der Waals surface area contributed by atoms with Crippen molar-refractivity contribution < 1.29 is 33.4 Å². The molecule has 15 heteroatoms. The van der Waals surface area contributed by atoms with E-state index in [4.69, 9.17) is 24.2 Å². The first-order valence-corrected chi connectivity index (χ1v) is 21.0. The van der Waals surface area contributed by atoms with Crippen LogP contribution in [0.1, 0.15) is 92.6 Å². The fourth-order valence-electron chi connectivity index (χ4n) is 10.1. The molecule has 308 valence electrons. The third-order valence-corrected chi connectivity index (χ3v) is 13.7. The number of carbonyl (C=O) groups is 4. The summed E-state index contributed by atoms with van der Waals surface area (Å²) in [5.41, 5.74) is 8.29. The van der Waals surface area contributed by atoms with E-state index in [9.17, 15) is 19.2 Å². The zero-order valence-electron chi connectivity index (χ0n) is 33.4. The summed E-state index contributed by atoms with van der Waals surface area (Å²) in [5, 5.41) is 5.60. The van der Waals surface area contributed by atoms with Crippen LogP contribution in [0, 0.1) is 11.8 Å². The van der Waals surface area contributed by atoms with Gasteiger partial charge in [-0.2, -0.15) is 0 Å². The van der Waals surface area contributed by atoms with Gasteiger partial charge in [0, 0.05) is 13.1 Å². The average molecular weight is 803 g/mol. The second-order valence-corrected chi connectivity index (χ2v) is 17.1. The normalized spacial score (nSPS) is 22.5. The Balaban J connectivity index is 0.878. The highest BCUT2D eigenvalue weighted by molar-refractivity contribution is 5.88. The second-order valence-electron chi connectivity index (χ2n) is 17.1. The highest BCUT2D eigenvalue weighted by Crippen LogP contribution is 2.54. The number of aromatic amines is 2. The van der Waals surface area contributed by atoms with Crippen LogP contribution >= 0.6 is 0 Å². The maximum atomic E-state index is 13.9. The zero-order valence-corrected chi connectivity index (χ0v) is 33.4. The summed E-state index contributed by atoms with van der Waals surface area (Å²) in [6.45, 7) is 2.37. The number of ether oxygens (including phenoxy) is 3. The molecule has 3 saturated heterocycles. The smallest absolute Gasteiger partial charge is 0.407 e. The van der Waals surface area contributed by atoms with Gasteiger partial charge in [-0.25, -0.2) is 19.6 Å². The Morgan fingerprint density at radius 3 is 1.56 bits per heavy atom. The van der Waals surface area contributed by atoms with Crippen LogP contribution in [-0.4, -0.2) is 106 Å². The van der Waals surface area contributed by atoms with Gasteiger partial charge in [-0.1, -0.05) is 30.7 Å². The van der Waals surface area contributed by atoms with Crippen molar-refractivity contribution >= 4 is 24.0 Å². The SMILES string of the molecule is COC(=O)N[C@H](C(=O)N1CCC[C@H]1c1ncc(-c2ccc3c(c2)C2(COC2)c2cc(-c4cnc([C@@H]5CCCN5C(=O)[C@@H](NC(=O)OC)C5CC5)[nH]4)ccc2-3)[nH]1)C1CCC1. The van der Waals surface area contributed by atoms with E-state index in [1.165, 1.54) is 36.5 Å². The fraction of sp³-hybridized carbons (Fsp3) is 0.500. The van der Waals surface area contributed by atoms with Crippen LogP contribution in [0.5, 0.6) is 0 Å². The van der Waals surface area contributed by atoms with Gasteiger partial charge in [0.15, 0.2) is 0 Å². The molecule has 3 aliphatic heterocycles. The maximum Gasteiger partial charge on any atom is 0.407 e. The fourth-order valence-corrected chi connectivity index (χ4v) is 10.1. The van der Waals surface area contributed by atoms with E-state index >= 15 is 0 Å². The number of H-pyrrole nitrogens is 2. The molecule has 5 fully saturated rings. The first-order chi connectivity index (χ1) is 28.8. The molecule has 1 spiro atoms. The molecular weight excluding hydrogens is 753 g/mol. The lowest BCUT2D eigenvalue weighted by atomic mass is 9.75. The van der Waals surface area contributed by atoms with Gasteiger partial charge < -0.3 is 44.6 Å². The molecule has 4 aromatic rings. The topological polar surface area (TPSA) is 184 Å². The number of hydrogen-bond donors (Lipinski definition) is 4. The standard InChI is InChI=1S/C44H50N8O7/c1-57-42(55)49-36(24-6-3-7-24)40(53)51-16-4-8-34(51)38-45-20-32(47-38)26-12-14-28-29-15-13-27(19-31(29)44(22-59-23-44)30(28)18-26)33-21-46-39(48-33)35-9-5-17-52(35)41(54)37(25-10-11-25)50-43(56)58-2/h12-15,18-21,24-25,34-37H,3-11,16-17,22-23H2,1-2H3,(H,45,47)(H,46,48)(H,49,55)(H,50,56)/t34-,35-,36-,37-/m0/s1. The monoisotopic (exact) mass is 802 g/mol. The van der Waals surface area contributed by atoms with Crippen molar-refractivity contribution in [1.29, 1.82) is 0 Å². The second kappa shape index (κ2) is 14.8. The van der Waals surface area contributed by atoms with E-state index in [-0.39, 0.29) is 41.1 Å². The molecule has 2 aromatic carbocycles. The Hall–Kier alpha value is -5.70. The summed E-state index contributed by atoms with van der Waals surface area (Å²) >= 11 is 0. The largest absolute Gasteiger partial charge is 0.453 e. The number of aromatic nitrogens is 4. The lowest BCUT2D eigenvalue weighted by molar-refractivity contribution is -0.137. The van der Waals surface area contributed by atoms with Gasteiger partial charge in [-0.05, 0) is 109 Å². The molecule has 2 saturated carbocycles. The first-order valence-electron chi connectivity index (χ1n) is 21.0. The predicted molar refractivity (Wildman–Crippen MR) is 215 cm³/mol. The van der Waals surface area contributed by atoms with E-state index in [1.807, 2.05) is 22.2 Å². The Morgan fingerprint density at radius 2 is 1.17 bits per heavy atom. The predicted octanol–water partition coefficient (Wildman–Crippen LogP) is 5.75. The van der Waals surface area contributed by atoms with Crippen LogP contribution in [-0.2, 0) is 29.2 Å². The van der Waals surface area contributed by atoms with Gasteiger partial charge in [-0.3, -0.25) is 9.59 Å².